The number of rotatable bonds is 21. The van der Waals surface area contributed by atoms with E-state index in [0.29, 0.717) is 0 Å². The second-order valence-electron chi connectivity index (χ2n) is 13.5. The molecule has 1 fully saturated rings. The van der Waals surface area contributed by atoms with Gasteiger partial charge in [-0.25, -0.2) is 28.6 Å². The fraction of sp³-hybridized carbons (Fsp3) is 0.467. The van der Waals surface area contributed by atoms with Gasteiger partial charge in [0.05, 0.1) is 19.5 Å². The molecule has 1 aromatic carbocycles. The minimum atomic E-state index is -5.60. The van der Waals surface area contributed by atoms with Crippen molar-refractivity contribution >= 4 is 75.2 Å². The van der Waals surface area contributed by atoms with Crippen LogP contribution in [0.1, 0.15) is 32.1 Å². The van der Waals surface area contributed by atoms with Crippen molar-refractivity contribution in [1.82, 2.24) is 30.2 Å². The van der Waals surface area contributed by atoms with Gasteiger partial charge >= 0.3 is 23.5 Å². The van der Waals surface area contributed by atoms with Gasteiger partial charge in [-0.15, -0.1) is 0 Å². The molecule has 2 amide bonds. The molecule has 2 unspecified atom stereocenters. The second kappa shape index (κ2) is 20.4. The van der Waals surface area contributed by atoms with Crippen LogP contribution in [0.4, 0.5) is 5.82 Å². The van der Waals surface area contributed by atoms with Crippen LogP contribution in [-0.4, -0.2) is 138 Å². The zero-order chi connectivity index (χ0) is 45.5. The van der Waals surface area contributed by atoms with E-state index in [9.17, 15) is 73.2 Å². The fourth-order valence-electron chi connectivity index (χ4n) is 5.20. The summed E-state index contributed by atoms with van der Waals surface area (Å²) in [5, 5.41) is 54.5. The molecule has 0 aliphatic carbocycles. The number of aromatic nitrogens is 4. The summed E-state index contributed by atoms with van der Waals surface area (Å²) in [6, 6.07) is 1.96. The van der Waals surface area contributed by atoms with Gasteiger partial charge in [0.25, 0.3) is 0 Å². The third-order valence-electron chi connectivity index (χ3n) is 8.27. The summed E-state index contributed by atoms with van der Waals surface area (Å²) in [5.74, 6) is -2.89. The largest absolute Gasteiger partial charge is 0.507 e. The Morgan fingerprint density at radius 2 is 1.67 bits per heavy atom. The number of nitrogens with two attached hydrogens (primary N) is 1. The lowest BCUT2D eigenvalue weighted by molar-refractivity contribution is -0.137. The molecular weight excluding hydrogens is 903 g/mol. The number of hydrogen-bond acceptors (Lipinski definition) is 21. The van der Waals surface area contributed by atoms with Gasteiger partial charge in [0.15, 0.2) is 29.2 Å². The first kappa shape index (κ1) is 49.6. The van der Waals surface area contributed by atoms with Crippen molar-refractivity contribution in [2.24, 2.45) is 5.41 Å². The Hall–Kier alpha value is -4.08. The van der Waals surface area contributed by atoms with Crippen molar-refractivity contribution < 1.29 is 95.8 Å². The lowest BCUT2D eigenvalue weighted by Gasteiger charge is -2.30. The van der Waals surface area contributed by atoms with Crippen molar-refractivity contribution in [3.63, 3.8) is 0 Å². The number of nitrogens with one attached hydrogen (secondary N) is 2. The smallest absolute Gasteiger partial charge is 0.481 e. The zero-order valence-electron chi connectivity index (χ0n) is 31.7. The van der Waals surface area contributed by atoms with Crippen molar-refractivity contribution in [2.75, 3.05) is 37.8 Å². The Balaban J connectivity index is 1.20. The lowest BCUT2D eigenvalue weighted by Crippen LogP contribution is -2.46. The number of thioether (sulfide) groups is 1. The maximum Gasteiger partial charge on any atom is 0.481 e. The van der Waals surface area contributed by atoms with Gasteiger partial charge in [-0.3, -0.25) is 32.5 Å². The topological polar surface area (TPSA) is 424 Å². The molecule has 338 valence electrons. The average Bonchev–Trinajstić information content (AvgIpc) is 3.72. The number of phosphoric ester groups is 3. The minimum absolute atomic E-state index is 0.0152. The molecular formula is C30H42N7O20P3S. The van der Waals surface area contributed by atoms with Gasteiger partial charge in [0, 0.05) is 42.3 Å². The number of imidazole rings is 1. The Bertz CT molecular complexity index is 2260. The summed E-state index contributed by atoms with van der Waals surface area (Å²) < 4.78 is 62.1. The molecule has 0 saturated carbocycles. The van der Waals surface area contributed by atoms with Crippen LogP contribution in [0.25, 0.3) is 17.2 Å². The number of hydrogen-bond donors (Lipinski definition) is 12. The summed E-state index contributed by atoms with van der Waals surface area (Å²) in [6.07, 6.45) is -4.83. The first-order valence-electron chi connectivity index (χ1n) is 17.3. The quantitative estimate of drug-likeness (QED) is 0.0210. The summed E-state index contributed by atoms with van der Waals surface area (Å²) in [4.78, 5) is 87.8. The van der Waals surface area contributed by atoms with Gasteiger partial charge < -0.3 is 66.2 Å². The number of nitrogen functional groups attached to an aromatic ring is 1. The third kappa shape index (κ3) is 14.2. The monoisotopic (exact) mass is 945 g/mol. The number of carbonyl (C=O) groups is 3. The molecule has 4 rings (SSSR count). The van der Waals surface area contributed by atoms with E-state index in [-0.39, 0.29) is 53.6 Å². The maximum absolute atomic E-state index is 12.7. The Morgan fingerprint density at radius 1 is 1.00 bits per heavy atom. The number of benzene rings is 1. The number of aliphatic hydroxyl groups excluding tert-OH is 2. The molecule has 0 radical (unpaired) electrons. The van der Waals surface area contributed by atoms with E-state index in [1.807, 2.05) is 0 Å². The van der Waals surface area contributed by atoms with Crippen molar-refractivity contribution in [3.8, 4) is 17.2 Å². The van der Waals surface area contributed by atoms with Crippen molar-refractivity contribution in [3.05, 3.63) is 36.4 Å². The van der Waals surface area contributed by atoms with Gasteiger partial charge in [-0.05, 0) is 18.2 Å². The highest BCUT2D eigenvalue weighted by atomic mass is 32.2. The molecule has 2 aromatic heterocycles. The predicted molar refractivity (Wildman–Crippen MR) is 208 cm³/mol. The lowest BCUT2D eigenvalue weighted by atomic mass is 9.87. The summed E-state index contributed by atoms with van der Waals surface area (Å²) >= 11 is 0.822. The van der Waals surface area contributed by atoms with Gasteiger partial charge in [-0.1, -0.05) is 25.6 Å². The number of phosphoric acid groups is 3. The van der Waals surface area contributed by atoms with Gasteiger partial charge in [0.2, 0.25) is 16.9 Å². The molecule has 1 saturated heterocycles. The normalized spacial score (nSPS) is 20.9. The van der Waals surface area contributed by atoms with Crippen LogP contribution >= 0.6 is 35.2 Å². The van der Waals surface area contributed by atoms with Crippen molar-refractivity contribution in [1.29, 1.82) is 0 Å². The van der Waals surface area contributed by atoms with E-state index in [4.69, 9.17) is 19.5 Å². The highest BCUT2D eigenvalue weighted by Gasteiger charge is 2.50. The molecule has 1 aliphatic heterocycles. The van der Waals surface area contributed by atoms with E-state index in [1.54, 1.807) is 0 Å². The number of phenolic OH excluding ortho intramolecular Hbond substituents is 3. The maximum atomic E-state index is 12.7. The van der Waals surface area contributed by atoms with Crippen LogP contribution in [-0.2, 0) is 50.7 Å². The minimum Gasteiger partial charge on any atom is -0.507 e. The number of anilines is 1. The molecule has 13 N–H and O–H groups in total. The summed E-state index contributed by atoms with van der Waals surface area (Å²) in [6.45, 7) is 0.128. The number of fused-ring (bicyclic) bond motifs is 1. The van der Waals surface area contributed by atoms with Crippen molar-refractivity contribution in [2.45, 2.75) is 50.9 Å². The number of aliphatic hydroxyl groups is 2. The first-order chi connectivity index (χ1) is 28.3. The van der Waals surface area contributed by atoms with E-state index in [1.165, 1.54) is 19.9 Å². The number of aromatic hydroxyl groups is 3. The fourth-order valence-corrected chi connectivity index (χ4v) is 8.60. The number of nitrogens with zero attached hydrogens (tertiary/aromatic N) is 4. The zero-order valence-corrected chi connectivity index (χ0v) is 35.2. The van der Waals surface area contributed by atoms with Crippen LogP contribution in [0.3, 0.4) is 0 Å². The number of phenols is 3. The van der Waals surface area contributed by atoms with Gasteiger partial charge in [0.1, 0.15) is 42.0 Å². The standard InChI is InChI=1S/C30H42N7O20P3S/c1-30(2,25(44)28(45)33-6-5-20(41)32-7-8-61-21(42)4-3-15-9-17(39)18(40)10-16(15)38)12-54-60(51,52)57-59(49,50)53-11-19-24(56-58(46,47)48)23(43)29(55-19)37-14-36-22-26(31)34-13-35-27(22)37/h3-4,9-10,13-14,19,23-25,29,38-40,43-44H,5-8,11-12H2,1-2H3,(H,32,41)(H,33,45)(H,49,50)(H,51,52)(H2,31,34,35)(H2,46,47,48)/b4-3+/t19-,23-,24-,25+,29-/m1/s1. The summed E-state index contributed by atoms with van der Waals surface area (Å²) in [5.41, 5.74) is 4.26. The Kier molecular flexibility index (Phi) is 16.6. The predicted octanol–water partition coefficient (Wildman–Crippen LogP) is -0.505. The average molecular weight is 946 g/mol. The third-order valence-corrected chi connectivity index (χ3v) is 12.2. The number of ether oxygens (including phenoxy) is 1. The second-order valence-corrected chi connectivity index (χ2v) is 18.8. The Morgan fingerprint density at radius 3 is 2.36 bits per heavy atom. The summed E-state index contributed by atoms with van der Waals surface area (Å²) in [7, 11) is -16.5. The first-order valence-corrected chi connectivity index (χ1v) is 22.8. The van der Waals surface area contributed by atoms with E-state index in [2.05, 4.69) is 34.4 Å². The van der Waals surface area contributed by atoms with Crippen LogP contribution in [0.2, 0.25) is 0 Å². The molecule has 31 heteroatoms. The van der Waals surface area contributed by atoms with E-state index >= 15 is 0 Å². The van der Waals surface area contributed by atoms with Crippen LogP contribution in [0, 0.1) is 5.41 Å². The highest BCUT2D eigenvalue weighted by Crippen LogP contribution is 2.61. The van der Waals surface area contributed by atoms with Crippen LogP contribution in [0.15, 0.2) is 30.9 Å². The SMILES string of the molecule is CC(C)(COP(=O)(O)OP(=O)(O)OC[C@H]1O[C@@H](n2cnc3c(N)ncnc32)[C@H](O)[C@@H]1OP(=O)(O)O)[C@@H](O)C(=O)NCCC(=O)NCCSC(=O)/C=C/c1cc(O)c(O)cc1O. The number of carbonyl (C=O) groups excluding carboxylic acids is 3. The van der Waals surface area contributed by atoms with E-state index in [0.717, 1.165) is 47.2 Å². The Labute approximate surface area is 348 Å². The molecule has 27 nitrogen and oxygen atoms in total. The molecule has 1 aliphatic rings. The molecule has 3 aromatic rings. The molecule has 61 heavy (non-hydrogen) atoms. The molecule has 0 bridgehead atoms. The van der Waals surface area contributed by atoms with E-state index < -0.39 is 101 Å². The molecule has 7 atom stereocenters. The number of amides is 2. The van der Waals surface area contributed by atoms with Crippen LogP contribution < -0.4 is 16.4 Å². The van der Waals surface area contributed by atoms with Crippen LogP contribution in [0.5, 0.6) is 17.2 Å². The molecule has 3 heterocycles. The van der Waals surface area contributed by atoms with Gasteiger partial charge in [-0.2, -0.15) is 4.31 Å². The molecule has 0 spiro atoms. The highest BCUT2D eigenvalue weighted by molar-refractivity contribution is 8.14.